The summed E-state index contributed by atoms with van der Waals surface area (Å²) in [6.07, 6.45) is -1.28. The Kier molecular flexibility index (Phi) is 2.65. The molecule has 0 amide bonds. The van der Waals surface area contributed by atoms with Crippen LogP contribution < -0.4 is 5.73 Å². The van der Waals surface area contributed by atoms with E-state index in [4.69, 9.17) is 5.73 Å². The smallest absolute Gasteiger partial charge is 0.250 e. The lowest BCUT2D eigenvalue weighted by molar-refractivity contribution is -0.124. The third-order valence-electron chi connectivity index (χ3n) is 3.17. The molecule has 1 saturated carbocycles. The van der Waals surface area contributed by atoms with E-state index >= 15 is 0 Å². The molecule has 1 nitrogen and oxygen atoms in total. The Labute approximate surface area is 94.4 Å². The maximum absolute atomic E-state index is 13.5. The maximum atomic E-state index is 13.5. The molecule has 94 valence electrons. The van der Waals surface area contributed by atoms with Gasteiger partial charge < -0.3 is 5.73 Å². The molecule has 0 radical (unpaired) electrons. The Morgan fingerprint density at radius 2 is 1.53 bits per heavy atom. The fourth-order valence-electron chi connectivity index (χ4n) is 2.31. The maximum Gasteiger partial charge on any atom is 0.250 e. The van der Waals surface area contributed by atoms with E-state index in [2.05, 4.69) is 0 Å². The minimum atomic E-state index is -2.92. The zero-order chi connectivity index (χ0) is 12.8. The third kappa shape index (κ3) is 1.90. The molecule has 0 unspecified atom stereocenters. The van der Waals surface area contributed by atoms with Crippen LogP contribution in [0.15, 0.2) is 12.1 Å². The molecule has 2 rings (SSSR count). The summed E-state index contributed by atoms with van der Waals surface area (Å²) in [5, 5.41) is 0. The highest BCUT2D eigenvalue weighted by atomic mass is 19.3. The van der Waals surface area contributed by atoms with E-state index in [-0.39, 0.29) is 12.1 Å². The Morgan fingerprint density at radius 1 is 1.00 bits per heavy atom. The van der Waals surface area contributed by atoms with Crippen LogP contribution in [-0.2, 0) is 5.41 Å². The van der Waals surface area contributed by atoms with Gasteiger partial charge in [-0.25, -0.2) is 22.0 Å². The molecule has 1 aromatic rings. The summed E-state index contributed by atoms with van der Waals surface area (Å²) in [5.41, 5.74) is 3.80. The van der Waals surface area contributed by atoms with Crippen LogP contribution in [0.5, 0.6) is 0 Å². The highest BCUT2D eigenvalue weighted by molar-refractivity contribution is 5.33. The predicted octanol–water partition coefficient (Wildman–Crippen LogP) is 2.73. The van der Waals surface area contributed by atoms with Gasteiger partial charge in [0.25, 0.3) is 0 Å². The quantitative estimate of drug-likeness (QED) is 0.634. The average molecular weight is 251 g/mol. The molecule has 0 aliphatic heterocycles. The van der Waals surface area contributed by atoms with Crippen molar-refractivity contribution in [2.75, 3.05) is 6.54 Å². The second-order valence-electron chi connectivity index (χ2n) is 4.44. The highest BCUT2D eigenvalue weighted by Crippen LogP contribution is 2.53. The van der Waals surface area contributed by atoms with Crippen LogP contribution in [0.3, 0.4) is 0 Å². The molecule has 6 heteroatoms. The van der Waals surface area contributed by atoms with Crippen LogP contribution >= 0.6 is 0 Å². The van der Waals surface area contributed by atoms with Crippen LogP contribution in [0.25, 0.3) is 0 Å². The van der Waals surface area contributed by atoms with Crippen LogP contribution in [0, 0.1) is 17.5 Å². The minimum Gasteiger partial charge on any atom is -0.330 e. The van der Waals surface area contributed by atoms with E-state index in [1.54, 1.807) is 0 Å². The van der Waals surface area contributed by atoms with Gasteiger partial charge in [0.05, 0.1) is 0 Å². The molecule has 1 fully saturated rings. The average Bonchev–Trinajstić information content (AvgIpc) is 2.19. The molecule has 1 aliphatic rings. The first-order valence-corrected chi connectivity index (χ1v) is 5.03. The van der Waals surface area contributed by atoms with E-state index in [0.29, 0.717) is 12.1 Å². The predicted molar refractivity (Wildman–Crippen MR) is 51.2 cm³/mol. The van der Waals surface area contributed by atoms with Gasteiger partial charge in [-0.1, -0.05) is 0 Å². The normalized spacial score (nSPS) is 21.1. The lowest BCUT2D eigenvalue weighted by Gasteiger charge is -2.47. The van der Waals surface area contributed by atoms with E-state index in [9.17, 15) is 22.0 Å². The molecule has 0 spiro atoms. The Balaban J connectivity index is 2.43. The summed E-state index contributed by atoms with van der Waals surface area (Å²) in [5.74, 6) is -6.56. The summed E-state index contributed by atoms with van der Waals surface area (Å²) in [6, 6.07) is 0.977. The van der Waals surface area contributed by atoms with Gasteiger partial charge in [-0.2, -0.15) is 0 Å². The van der Waals surface area contributed by atoms with E-state index in [1.165, 1.54) is 0 Å². The van der Waals surface area contributed by atoms with Crippen LogP contribution in [-0.4, -0.2) is 12.5 Å². The fraction of sp³-hybridized carbons (Fsp3) is 0.455. The van der Waals surface area contributed by atoms with Gasteiger partial charge in [0.15, 0.2) is 11.6 Å². The number of hydrogen-bond acceptors (Lipinski definition) is 1. The van der Waals surface area contributed by atoms with Crippen molar-refractivity contribution < 1.29 is 22.0 Å². The second-order valence-corrected chi connectivity index (χ2v) is 4.44. The topological polar surface area (TPSA) is 26.0 Å². The molecular weight excluding hydrogens is 241 g/mol. The summed E-state index contributed by atoms with van der Waals surface area (Å²) in [7, 11) is 0. The standard InChI is InChI=1S/C11H10F5N/c12-7-2-9(14)8(13)1-6(7)10(5-17)3-11(15,16)4-10/h1-2H,3-5,17H2. The molecule has 1 aromatic carbocycles. The molecule has 1 aliphatic carbocycles. The Hall–Kier alpha value is -1.17. The molecule has 2 N–H and O–H groups in total. The summed E-state index contributed by atoms with van der Waals surface area (Å²) < 4.78 is 65.0. The zero-order valence-corrected chi connectivity index (χ0v) is 8.74. The van der Waals surface area contributed by atoms with Crippen molar-refractivity contribution in [3.05, 3.63) is 35.1 Å². The van der Waals surface area contributed by atoms with Crippen molar-refractivity contribution in [2.24, 2.45) is 5.73 Å². The number of halogens is 5. The van der Waals surface area contributed by atoms with Gasteiger partial charge >= 0.3 is 0 Å². The largest absolute Gasteiger partial charge is 0.330 e. The molecule has 0 aromatic heterocycles. The molecule has 17 heavy (non-hydrogen) atoms. The molecule has 0 saturated heterocycles. The van der Waals surface area contributed by atoms with Gasteiger partial charge in [-0.3, -0.25) is 0 Å². The SMILES string of the molecule is NCC1(c2cc(F)c(F)cc2F)CC(F)(F)C1. The number of benzene rings is 1. The number of hydrogen-bond donors (Lipinski definition) is 1. The van der Waals surface area contributed by atoms with Crippen LogP contribution in [0.1, 0.15) is 18.4 Å². The van der Waals surface area contributed by atoms with Crippen molar-refractivity contribution in [1.82, 2.24) is 0 Å². The molecule has 0 heterocycles. The van der Waals surface area contributed by atoms with Crippen molar-refractivity contribution in [2.45, 2.75) is 24.2 Å². The van der Waals surface area contributed by atoms with E-state index in [1.807, 2.05) is 0 Å². The number of rotatable bonds is 2. The summed E-state index contributed by atoms with van der Waals surface area (Å²) >= 11 is 0. The fourth-order valence-corrected chi connectivity index (χ4v) is 2.31. The first-order chi connectivity index (χ1) is 7.80. The molecule has 0 bridgehead atoms. The minimum absolute atomic E-state index is 0.232. The Morgan fingerprint density at radius 3 is 2.00 bits per heavy atom. The van der Waals surface area contributed by atoms with Gasteiger partial charge in [0.2, 0.25) is 5.92 Å². The highest BCUT2D eigenvalue weighted by Gasteiger charge is 2.57. The van der Waals surface area contributed by atoms with Crippen molar-refractivity contribution in [3.8, 4) is 0 Å². The first kappa shape index (κ1) is 12.3. The lowest BCUT2D eigenvalue weighted by atomic mass is 9.62. The van der Waals surface area contributed by atoms with E-state index in [0.717, 1.165) is 0 Å². The summed E-state index contributed by atoms with van der Waals surface area (Å²) in [4.78, 5) is 0. The van der Waals surface area contributed by atoms with Crippen LogP contribution in [0.4, 0.5) is 22.0 Å². The van der Waals surface area contributed by atoms with Crippen molar-refractivity contribution in [1.29, 1.82) is 0 Å². The third-order valence-corrected chi connectivity index (χ3v) is 3.17. The van der Waals surface area contributed by atoms with Crippen LogP contribution in [0.2, 0.25) is 0 Å². The van der Waals surface area contributed by atoms with Gasteiger partial charge in [0, 0.05) is 30.9 Å². The summed E-state index contributed by atoms with van der Waals surface area (Å²) in [6.45, 7) is -0.232. The molecular formula is C11H10F5N. The monoisotopic (exact) mass is 251 g/mol. The molecule has 0 atom stereocenters. The van der Waals surface area contributed by atoms with Gasteiger partial charge in [-0.05, 0) is 11.6 Å². The first-order valence-electron chi connectivity index (χ1n) is 5.03. The van der Waals surface area contributed by atoms with E-state index < -0.39 is 41.6 Å². The zero-order valence-electron chi connectivity index (χ0n) is 8.74. The number of nitrogens with two attached hydrogens (primary N) is 1. The van der Waals surface area contributed by atoms with Crippen molar-refractivity contribution in [3.63, 3.8) is 0 Å². The van der Waals surface area contributed by atoms with Gasteiger partial charge in [0.1, 0.15) is 5.82 Å². The van der Waals surface area contributed by atoms with Gasteiger partial charge in [-0.15, -0.1) is 0 Å². The second kappa shape index (κ2) is 3.66. The number of alkyl halides is 2. The Bertz CT molecular complexity index is 449. The van der Waals surface area contributed by atoms with Crippen molar-refractivity contribution >= 4 is 0 Å². The lowest BCUT2D eigenvalue weighted by Crippen LogP contribution is -2.54.